The van der Waals surface area contributed by atoms with Crippen LogP contribution in [0.1, 0.15) is 0 Å². The molecule has 0 bridgehead atoms. The maximum Gasteiger partial charge on any atom is 0 e. The minimum Gasteiger partial charge on any atom is 0 e. The van der Waals surface area contributed by atoms with Gasteiger partial charge in [0.05, 0.1) is 0 Å². The Labute approximate surface area is 999 Å². The highest BCUT2D eigenvalue weighted by Gasteiger charge is 2.73. The SMILES string of the molecule is [B][B]B([B])B(B([B])[B])B(B(B([B])[B])B([B])[B])B(B(B(B(B([B])[B])B([B])[B])B(B([B])[B])B([B])[B])B(B(B([B])[B])B([B])[B])B(B([B])[B])B([B])[B])B(B(B(B(B([B])[B])B([B])[B])B(B([B])[B])B([B])[B])B(B(B([B])[B])B([B])[B])B(B([B])[B])B([B])[B])B(B(B(B(B([B])[B])B([B])[B])B(B([B])[B])B([B])[B])B(B(B([B])[B])B([B])[B])B(B([B])[B])B([B])[B])B(B(B(B([B])[B])B([B])[B])B(B([B])[B])B([B])[B])B(B(B([B])[B])B([B])[B])B(B([B])[B])B([B])[B]. The molecule has 0 saturated carbocycles. The highest BCUT2D eigenvalue weighted by Crippen LogP contribution is 2.35. The molecular weight excluding hydrogens is 1550 g/mol. The molecule has 0 aliphatic rings. The van der Waals surface area contributed by atoms with E-state index in [-0.39, 0.29) is 0 Å². The summed E-state index contributed by atoms with van der Waals surface area (Å²) >= 11 is 0. The normalized spacial score (nSPS) is 9.87. The number of hydrogen-bond donors (Lipinski definition) is 0. The van der Waals surface area contributed by atoms with Crippen molar-refractivity contribution in [2.45, 2.75) is 0 Å². The minimum atomic E-state index is -3.06. The molecule has 0 aromatic carbocycles. The fourth-order valence-corrected chi connectivity index (χ4v) is 26.3. The highest BCUT2D eigenvalue weighted by atomic mass is 13.5. The van der Waals surface area contributed by atoms with E-state index in [0.717, 1.165) is 7.06 Å². The Morgan fingerprint density at radius 3 is 0.147 bits per heavy atom. The van der Waals surface area contributed by atoms with Gasteiger partial charge in [0, 0.05) is 1010 Å². The Hall–Kier alpha value is 9.29. The van der Waals surface area contributed by atoms with Crippen LogP contribution in [0.25, 0.3) is 0 Å². The van der Waals surface area contributed by atoms with E-state index in [4.69, 9.17) is 557 Å². The van der Waals surface area contributed by atoms with Crippen molar-refractivity contribution in [3.8, 4) is 0 Å². The molecular formula is B143. The van der Waals surface area contributed by atoms with E-state index in [2.05, 4.69) is 0 Å². The Morgan fingerprint density at radius 1 is 0.0629 bits per heavy atom. The number of rotatable bonds is 70. The third kappa shape index (κ3) is 40.9. The van der Waals surface area contributed by atoms with E-state index >= 15 is 0 Å². The summed E-state index contributed by atoms with van der Waals surface area (Å²) in [6.07, 6.45) is -162. The third-order valence-electron chi connectivity index (χ3n) is 30.9. The molecule has 0 amide bonds. The van der Waals surface area contributed by atoms with Crippen molar-refractivity contribution in [2.24, 2.45) is 0 Å². The van der Waals surface area contributed by atoms with E-state index in [1.807, 2.05) is 0 Å². The lowest BCUT2D eigenvalue weighted by molar-refractivity contribution is 3.10. The second-order valence-corrected chi connectivity index (χ2v) is 40.6. The Morgan fingerprint density at radius 2 is 0.105 bits per heavy atom. The van der Waals surface area contributed by atoms with Crippen LogP contribution in [0.5, 0.6) is 0 Å². The van der Waals surface area contributed by atoms with Crippen molar-refractivity contribution >= 4 is 1010 Å². The maximum absolute atomic E-state index is 7.89. The van der Waals surface area contributed by atoms with Crippen LogP contribution in [-0.4, -0.2) is 1010 Å². The molecule has 143 heteroatoms. The van der Waals surface area contributed by atoms with Gasteiger partial charge in [-0.05, 0) is 0 Å². The first kappa shape index (κ1) is 152. The fraction of sp³-hybridized carbons (Fsp3) is 0. The Bertz CT molecular complexity index is 2500. The lowest BCUT2D eigenvalue weighted by Gasteiger charge is -2.65. The lowest BCUT2D eigenvalue weighted by Crippen LogP contribution is -3.03. The molecule has 0 rings (SSSR count). The average molecular weight is 1550 g/mol. The zero-order valence-electron chi connectivity index (χ0n) is 82.6. The molecule has 0 aliphatic carbocycles. The zero-order valence-corrected chi connectivity index (χ0v) is 82.6. The van der Waals surface area contributed by atoms with Crippen molar-refractivity contribution in [3.05, 3.63) is 0 Å². The van der Waals surface area contributed by atoms with Gasteiger partial charge < -0.3 is 0 Å². The second-order valence-electron chi connectivity index (χ2n) is 40.6. The number of hydrogen-bond acceptors (Lipinski definition) is 0. The topological polar surface area (TPSA) is 0 Å². The molecule has 0 aromatic rings. The summed E-state index contributed by atoms with van der Waals surface area (Å²) in [5, 5.41) is 0. The molecule has 0 heterocycles. The largest absolute Gasteiger partial charge is 0 e. The van der Waals surface area contributed by atoms with Crippen LogP contribution in [0.2, 0.25) is 0 Å². The first-order valence-corrected chi connectivity index (χ1v) is 47.3. The fourth-order valence-electron chi connectivity index (χ4n) is 26.3. The Balaban J connectivity index is 18.6. The Kier molecular flexibility index (Phi) is 75.0. The van der Waals surface area contributed by atoms with Gasteiger partial charge in [-0.25, -0.2) is 0 Å². The summed E-state index contributed by atoms with van der Waals surface area (Å²) < 4.78 is 0. The summed E-state index contributed by atoms with van der Waals surface area (Å²) in [4.78, 5) is 0. The second kappa shape index (κ2) is 70.4. The van der Waals surface area contributed by atoms with Crippen LogP contribution in [0.3, 0.4) is 0 Å². The van der Waals surface area contributed by atoms with Crippen molar-refractivity contribution < 1.29 is 0 Å². The first-order chi connectivity index (χ1) is 65.1. The van der Waals surface area contributed by atoms with Gasteiger partial charge in [0.1, 0.15) is 0 Å². The monoisotopic (exact) mass is 1570 g/mol. The molecule has 429 valence electrons. The van der Waals surface area contributed by atoms with Gasteiger partial charge in [-0.3, -0.25) is 0 Å². The molecule has 143 heavy (non-hydrogen) atoms. The van der Waals surface area contributed by atoms with Crippen molar-refractivity contribution in [2.75, 3.05) is 0 Å². The van der Waals surface area contributed by atoms with Crippen LogP contribution < -0.4 is 0 Å². The zero-order chi connectivity index (χ0) is 113. The van der Waals surface area contributed by atoms with Crippen LogP contribution in [0.15, 0.2) is 0 Å². The van der Waals surface area contributed by atoms with Crippen LogP contribution in [-0.2, 0) is 0 Å². The quantitative estimate of drug-likeness (QED) is 0.0533. The summed E-state index contributed by atoms with van der Waals surface area (Å²) in [6, 6.07) is 0. The van der Waals surface area contributed by atoms with Crippen molar-refractivity contribution in [3.63, 3.8) is 0 Å². The minimum absolute atomic E-state index is 0.841. The first-order valence-electron chi connectivity index (χ1n) is 47.3. The molecule has 145 radical (unpaired) electrons. The van der Waals surface area contributed by atoms with Crippen LogP contribution in [0, 0.1) is 0 Å². The molecule has 0 N–H and O–H groups in total. The summed E-state index contributed by atoms with van der Waals surface area (Å²) in [5.41, 5.74) is 0. The van der Waals surface area contributed by atoms with Gasteiger partial charge in [-0.2, -0.15) is 0 Å². The van der Waals surface area contributed by atoms with Gasteiger partial charge in [0.15, 0.2) is 0 Å². The van der Waals surface area contributed by atoms with Crippen LogP contribution in [0.4, 0.5) is 0 Å². The van der Waals surface area contributed by atoms with Gasteiger partial charge in [0.2, 0.25) is 0 Å². The standard InChI is InChI=1S/B143/c1-73-109(72)127(108(70)71)136(126(106(66)67)107(68)69)141(137(128(110(74(2)3)75(4)5)111(76(6)7)77(8)9)129(112(78(10)11)79(12)13)113(80(14)15)81(16)17)143(140(134(122(98(50)51)99(52)53)123(100(54)55)101(56)57)135(124(102(58)59)103(60)61)125(104(62)63)105(64)65)142(138(130(114(82(18)19)83(20)21)115(84(22)23)85(24)25)131(116(86(26)27)87(28)29)117(88(30)31)89(32)33)139(132(118(90(34)35)91(36)37)119(92(38)39)93(40)41)133(120(94(42)43)95(44)45)121(96(46)47)97(48)49. The summed E-state index contributed by atoms with van der Waals surface area (Å²) in [7, 11) is 546. The van der Waals surface area contributed by atoms with Gasteiger partial charge in [-0.1, -0.05) is 0 Å². The molecule has 0 spiro atoms. The van der Waals surface area contributed by atoms with Gasteiger partial charge in [0.25, 0.3) is 0 Å². The molecule has 0 unspecified atom stereocenters. The van der Waals surface area contributed by atoms with E-state index in [1.54, 1.807) is 0 Å². The van der Waals surface area contributed by atoms with E-state index in [9.17, 15) is 0 Å². The van der Waals surface area contributed by atoms with Crippen molar-refractivity contribution in [1.29, 1.82) is 0 Å². The molecule has 0 aromatic heterocycles. The average Bonchev–Trinajstić information content (AvgIpc) is 0.694. The predicted octanol–water partition coefficient (Wildman–Crippen LogP) is -54.5. The molecule has 0 saturated heterocycles. The van der Waals surface area contributed by atoms with Crippen LogP contribution >= 0.6 is 0 Å². The molecule has 0 fully saturated rings. The maximum atomic E-state index is 7.89. The van der Waals surface area contributed by atoms with E-state index in [0.29, 0.717) is 0 Å². The van der Waals surface area contributed by atoms with Crippen molar-refractivity contribution in [1.82, 2.24) is 0 Å². The predicted molar refractivity (Wildman–Crippen MR) is 823 cm³/mol. The molecule has 0 atom stereocenters. The lowest BCUT2D eigenvalue weighted by atomic mass is 8.16. The van der Waals surface area contributed by atoms with Gasteiger partial charge >= 0.3 is 0 Å². The van der Waals surface area contributed by atoms with E-state index < -0.39 is 447 Å². The van der Waals surface area contributed by atoms with Gasteiger partial charge in [-0.15, -0.1) is 0 Å². The third-order valence-corrected chi connectivity index (χ3v) is 30.9. The smallest absolute Gasteiger partial charge is 0 e. The molecule has 0 nitrogen and oxygen atoms in total. The van der Waals surface area contributed by atoms with E-state index in [1.165, 1.54) is 0 Å². The molecule has 0 aliphatic heterocycles. The highest BCUT2D eigenvalue weighted by molar-refractivity contribution is 8.48. The summed E-state index contributed by atoms with van der Waals surface area (Å²) in [5.74, 6) is 0. The summed E-state index contributed by atoms with van der Waals surface area (Å²) in [6.45, 7) is 0.